The Morgan fingerprint density at radius 3 is 2.83 bits per heavy atom. The van der Waals surface area contributed by atoms with E-state index in [0.29, 0.717) is 0 Å². The van der Waals surface area contributed by atoms with Crippen LogP contribution in [0.25, 0.3) is 0 Å². The molecule has 2 N–H and O–H groups in total. The second kappa shape index (κ2) is 4.62. The Balaban J connectivity index is 2.69. The molecule has 12 heavy (non-hydrogen) atoms. The van der Waals surface area contributed by atoms with Crippen molar-refractivity contribution in [1.29, 1.82) is 0 Å². The monoisotopic (exact) mass is 203 g/mol. The van der Waals surface area contributed by atoms with E-state index in [1.165, 1.54) is 16.9 Å². The van der Waals surface area contributed by atoms with Crippen LogP contribution in [0.15, 0.2) is 18.2 Å². The summed E-state index contributed by atoms with van der Waals surface area (Å²) in [6.45, 7) is 0. The third kappa shape index (κ3) is 2.60. The highest BCUT2D eigenvalue weighted by molar-refractivity contribution is 8.68. The van der Waals surface area contributed by atoms with E-state index in [-0.39, 0.29) is 11.5 Å². The van der Waals surface area contributed by atoms with Crippen LogP contribution in [0.5, 0.6) is 0 Å². The topological polar surface area (TPSA) is 26.0 Å². The molecule has 1 aromatic carbocycles. The Hall–Kier alpha value is -0.350. The molecule has 0 heterocycles. The van der Waals surface area contributed by atoms with Gasteiger partial charge in [-0.05, 0) is 24.1 Å². The first kappa shape index (κ1) is 9.74. The van der Waals surface area contributed by atoms with Gasteiger partial charge in [-0.2, -0.15) is 0 Å². The predicted octanol–water partition coefficient (Wildman–Crippen LogP) is 2.53. The van der Waals surface area contributed by atoms with Gasteiger partial charge in [0.05, 0.1) is 5.69 Å². The van der Waals surface area contributed by atoms with Gasteiger partial charge in [-0.3, -0.25) is 0 Å². The molecule has 0 amide bonds. The van der Waals surface area contributed by atoms with E-state index in [1.54, 1.807) is 6.07 Å². The minimum absolute atomic E-state index is 0.206. The summed E-state index contributed by atoms with van der Waals surface area (Å²) in [5.74, 6) is 0.545. The molecule has 0 aromatic heterocycles. The van der Waals surface area contributed by atoms with Crippen LogP contribution in [-0.2, 0) is 6.42 Å². The number of halogens is 1. The van der Waals surface area contributed by atoms with Gasteiger partial charge in [-0.1, -0.05) is 16.9 Å². The average Bonchev–Trinajstić information content (AvgIpc) is 2.07. The largest absolute Gasteiger partial charge is 0.396 e. The van der Waals surface area contributed by atoms with Crippen molar-refractivity contribution in [2.45, 2.75) is 6.42 Å². The molecule has 0 bridgehead atoms. The predicted molar refractivity (Wildman–Crippen MR) is 56.0 cm³/mol. The zero-order chi connectivity index (χ0) is 8.97. The molecule has 0 unspecified atom stereocenters. The van der Waals surface area contributed by atoms with Crippen LogP contribution >= 0.6 is 22.5 Å². The standard InChI is InChI=1S/C8H10FNS2/c9-7-5-6(3-4-12-11)1-2-8(7)10/h1-2,5,11H,3-4,10H2. The van der Waals surface area contributed by atoms with Gasteiger partial charge in [-0.25, -0.2) is 4.39 Å². The van der Waals surface area contributed by atoms with Gasteiger partial charge in [0.1, 0.15) is 5.82 Å². The molecule has 0 saturated carbocycles. The van der Waals surface area contributed by atoms with Crippen molar-refractivity contribution in [2.75, 3.05) is 11.5 Å². The zero-order valence-electron chi connectivity index (χ0n) is 6.46. The van der Waals surface area contributed by atoms with Crippen molar-refractivity contribution in [3.8, 4) is 0 Å². The lowest BCUT2D eigenvalue weighted by Gasteiger charge is -2.00. The van der Waals surface area contributed by atoms with Crippen molar-refractivity contribution >= 4 is 28.1 Å². The van der Waals surface area contributed by atoms with E-state index in [1.807, 2.05) is 6.07 Å². The van der Waals surface area contributed by atoms with Crippen molar-refractivity contribution in [3.63, 3.8) is 0 Å². The molecule has 0 fully saturated rings. The van der Waals surface area contributed by atoms with Gasteiger partial charge in [0.2, 0.25) is 0 Å². The van der Waals surface area contributed by atoms with Crippen LogP contribution in [0, 0.1) is 5.82 Å². The molecule has 1 rings (SSSR count). The van der Waals surface area contributed by atoms with Gasteiger partial charge >= 0.3 is 0 Å². The molecular weight excluding hydrogens is 193 g/mol. The van der Waals surface area contributed by atoms with Crippen molar-refractivity contribution in [1.82, 2.24) is 0 Å². The van der Waals surface area contributed by atoms with Crippen LogP contribution in [0.1, 0.15) is 5.56 Å². The highest BCUT2D eigenvalue weighted by Crippen LogP contribution is 2.14. The Kier molecular flexibility index (Phi) is 3.75. The fourth-order valence-corrected chi connectivity index (χ4v) is 1.49. The number of rotatable bonds is 3. The second-order valence-corrected chi connectivity index (χ2v) is 3.88. The van der Waals surface area contributed by atoms with E-state index < -0.39 is 0 Å². The number of nitrogens with two attached hydrogens (primary N) is 1. The fraction of sp³-hybridized carbons (Fsp3) is 0.250. The highest BCUT2D eigenvalue weighted by atomic mass is 33.1. The highest BCUT2D eigenvalue weighted by Gasteiger charge is 1.98. The van der Waals surface area contributed by atoms with Crippen molar-refractivity contribution < 1.29 is 4.39 Å². The van der Waals surface area contributed by atoms with Crippen LogP contribution < -0.4 is 5.73 Å². The van der Waals surface area contributed by atoms with Gasteiger partial charge < -0.3 is 5.73 Å². The van der Waals surface area contributed by atoms with Gasteiger partial charge in [-0.15, -0.1) is 11.7 Å². The summed E-state index contributed by atoms with van der Waals surface area (Å²) < 4.78 is 12.9. The molecule has 0 atom stereocenters. The van der Waals surface area contributed by atoms with Crippen LogP contribution in [0.3, 0.4) is 0 Å². The van der Waals surface area contributed by atoms with Crippen LogP contribution in [0.4, 0.5) is 10.1 Å². The molecule has 0 radical (unpaired) electrons. The molecule has 0 aliphatic rings. The number of nitrogen functional groups attached to an aromatic ring is 1. The minimum atomic E-state index is -0.336. The van der Waals surface area contributed by atoms with Crippen LogP contribution in [0.2, 0.25) is 0 Å². The summed E-state index contributed by atoms with van der Waals surface area (Å²) in [6, 6.07) is 4.90. The average molecular weight is 203 g/mol. The van der Waals surface area contributed by atoms with E-state index >= 15 is 0 Å². The lowest BCUT2D eigenvalue weighted by Crippen LogP contribution is -1.93. The summed E-state index contributed by atoms with van der Waals surface area (Å²) in [5.41, 5.74) is 6.49. The Labute approximate surface area is 80.3 Å². The molecule has 0 saturated heterocycles. The quantitative estimate of drug-likeness (QED) is 0.448. The number of aryl methyl sites for hydroxylation is 1. The summed E-state index contributed by atoms with van der Waals surface area (Å²) in [6.07, 6.45) is 0.825. The molecule has 4 heteroatoms. The van der Waals surface area contributed by atoms with E-state index in [9.17, 15) is 4.39 Å². The second-order valence-electron chi connectivity index (χ2n) is 2.44. The summed E-state index contributed by atoms with van der Waals surface area (Å²) in [7, 11) is 1.45. The lowest BCUT2D eigenvalue weighted by atomic mass is 10.1. The lowest BCUT2D eigenvalue weighted by molar-refractivity contribution is 0.630. The first-order valence-corrected chi connectivity index (χ1v) is 5.58. The fourth-order valence-electron chi connectivity index (χ4n) is 0.890. The normalized spacial score (nSPS) is 10.2. The summed E-state index contributed by atoms with van der Waals surface area (Å²) in [4.78, 5) is 0. The van der Waals surface area contributed by atoms with Gasteiger partial charge in [0.25, 0.3) is 0 Å². The summed E-state index contributed by atoms with van der Waals surface area (Å²) >= 11 is 4.00. The van der Waals surface area contributed by atoms with E-state index in [2.05, 4.69) is 11.7 Å². The molecule has 66 valence electrons. The number of anilines is 1. The SMILES string of the molecule is Nc1ccc(CCSS)cc1F. The van der Waals surface area contributed by atoms with Crippen molar-refractivity contribution in [3.05, 3.63) is 29.6 Å². The Morgan fingerprint density at radius 1 is 1.50 bits per heavy atom. The third-order valence-corrected chi connectivity index (χ3v) is 2.48. The molecule has 1 nitrogen and oxygen atoms in total. The molecule has 0 aliphatic heterocycles. The van der Waals surface area contributed by atoms with E-state index in [0.717, 1.165) is 17.7 Å². The first-order valence-electron chi connectivity index (χ1n) is 3.54. The first-order chi connectivity index (χ1) is 5.74. The third-order valence-electron chi connectivity index (χ3n) is 1.55. The van der Waals surface area contributed by atoms with Crippen molar-refractivity contribution in [2.24, 2.45) is 0 Å². The molecule has 1 aromatic rings. The zero-order valence-corrected chi connectivity index (χ0v) is 8.17. The Bertz CT molecular complexity index is 265. The maximum absolute atomic E-state index is 12.9. The maximum atomic E-state index is 12.9. The molecule has 0 aliphatic carbocycles. The molecule has 0 spiro atoms. The van der Waals surface area contributed by atoms with Gasteiger partial charge in [0, 0.05) is 5.75 Å². The summed E-state index contributed by atoms with van der Waals surface area (Å²) in [5, 5.41) is 0. The Morgan fingerprint density at radius 2 is 2.25 bits per heavy atom. The van der Waals surface area contributed by atoms with Gasteiger partial charge in [0.15, 0.2) is 0 Å². The number of thiol groups is 1. The molecular formula is C8H10FNS2. The van der Waals surface area contributed by atoms with Crippen LogP contribution in [-0.4, -0.2) is 5.75 Å². The number of hydrogen-bond acceptors (Lipinski definition) is 3. The smallest absolute Gasteiger partial charge is 0.146 e. The minimum Gasteiger partial charge on any atom is -0.396 e. The number of benzene rings is 1. The van der Waals surface area contributed by atoms with E-state index in [4.69, 9.17) is 5.73 Å². The maximum Gasteiger partial charge on any atom is 0.146 e. The number of hydrogen-bond donors (Lipinski definition) is 2.